The molecule has 0 unspecified atom stereocenters. The van der Waals surface area contributed by atoms with Gasteiger partial charge in [0, 0.05) is 39.3 Å². The molecule has 1 fully saturated rings. The average Bonchev–Trinajstić information content (AvgIpc) is 2.53. The Morgan fingerprint density at radius 2 is 1.48 bits per heavy atom. The van der Waals surface area contributed by atoms with E-state index in [1.54, 1.807) is 6.07 Å². The number of hydrogen-bond donors (Lipinski definition) is 0. The molecule has 3 rings (SSSR count). The van der Waals surface area contributed by atoms with Crippen LogP contribution in [0.15, 0.2) is 42.5 Å². The molecule has 21 heavy (non-hydrogen) atoms. The number of piperazine rings is 1. The fourth-order valence-electron chi connectivity index (χ4n) is 2.60. The van der Waals surface area contributed by atoms with Crippen LogP contribution in [0.25, 0.3) is 0 Å². The molecule has 0 saturated carbocycles. The number of nitrogens with zero attached hydrogens (tertiary/aromatic N) is 4. The van der Waals surface area contributed by atoms with Crippen LogP contribution in [0.1, 0.15) is 11.3 Å². The van der Waals surface area contributed by atoms with Gasteiger partial charge in [0.25, 0.3) is 0 Å². The van der Waals surface area contributed by atoms with E-state index in [0.29, 0.717) is 5.15 Å². The van der Waals surface area contributed by atoms with Crippen LogP contribution in [0.5, 0.6) is 0 Å². The van der Waals surface area contributed by atoms with Gasteiger partial charge in [-0.15, -0.1) is 5.10 Å². The molecule has 1 aromatic heterocycles. The summed E-state index contributed by atoms with van der Waals surface area (Å²) in [5.74, 6) is 0. The zero-order valence-electron chi connectivity index (χ0n) is 12.0. The first-order chi connectivity index (χ1) is 10.3. The lowest BCUT2D eigenvalue weighted by molar-refractivity contribution is 0.121. The molecule has 1 aliphatic heterocycles. The minimum Gasteiger partial charge on any atom is -0.297 e. The van der Waals surface area contributed by atoms with E-state index in [1.807, 2.05) is 6.07 Å². The standard InChI is InChI=1S/C16H19ClN4/c17-16-7-6-15(18-19-16)13-21-10-8-20(9-11-21)12-14-4-2-1-3-5-14/h1-7H,8-13H2. The summed E-state index contributed by atoms with van der Waals surface area (Å²) in [5.41, 5.74) is 2.37. The van der Waals surface area contributed by atoms with Gasteiger partial charge in [-0.25, -0.2) is 0 Å². The van der Waals surface area contributed by atoms with Crippen molar-refractivity contribution in [3.05, 3.63) is 58.9 Å². The molecule has 2 heterocycles. The zero-order valence-corrected chi connectivity index (χ0v) is 12.7. The summed E-state index contributed by atoms with van der Waals surface area (Å²) < 4.78 is 0. The molecule has 2 aromatic rings. The SMILES string of the molecule is Clc1ccc(CN2CCN(Cc3ccccc3)CC2)nn1. The van der Waals surface area contributed by atoms with Crippen LogP contribution >= 0.6 is 11.6 Å². The lowest BCUT2D eigenvalue weighted by Gasteiger charge is -2.34. The minimum atomic E-state index is 0.450. The number of hydrogen-bond acceptors (Lipinski definition) is 4. The Bertz CT molecular complexity index is 550. The first kappa shape index (κ1) is 14.4. The largest absolute Gasteiger partial charge is 0.297 e. The van der Waals surface area contributed by atoms with Crippen molar-refractivity contribution in [2.24, 2.45) is 0 Å². The molecular formula is C16H19ClN4. The van der Waals surface area contributed by atoms with Crippen molar-refractivity contribution in [2.45, 2.75) is 13.1 Å². The molecule has 0 amide bonds. The summed E-state index contributed by atoms with van der Waals surface area (Å²) in [6, 6.07) is 14.4. The smallest absolute Gasteiger partial charge is 0.151 e. The van der Waals surface area contributed by atoms with Crippen molar-refractivity contribution in [2.75, 3.05) is 26.2 Å². The lowest BCUT2D eigenvalue weighted by Crippen LogP contribution is -2.45. The number of benzene rings is 1. The van der Waals surface area contributed by atoms with Gasteiger partial charge in [0.05, 0.1) is 5.69 Å². The van der Waals surface area contributed by atoms with Crippen LogP contribution in [-0.2, 0) is 13.1 Å². The molecule has 0 bridgehead atoms. The highest BCUT2D eigenvalue weighted by Crippen LogP contribution is 2.11. The third kappa shape index (κ3) is 4.24. The quantitative estimate of drug-likeness (QED) is 0.868. The second-order valence-electron chi connectivity index (χ2n) is 5.39. The van der Waals surface area contributed by atoms with Crippen LogP contribution in [0, 0.1) is 0 Å². The summed E-state index contributed by atoms with van der Waals surface area (Å²) >= 11 is 5.76. The van der Waals surface area contributed by atoms with Crippen molar-refractivity contribution >= 4 is 11.6 Å². The van der Waals surface area contributed by atoms with Gasteiger partial charge in [-0.05, 0) is 17.7 Å². The fraction of sp³-hybridized carbons (Fsp3) is 0.375. The van der Waals surface area contributed by atoms with E-state index in [2.05, 4.69) is 50.3 Å². The molecule has 5 heteroatoms. The van der Waals surface area contributed by atoms with Crippen molar-refractivity contribution < 1.29 is 0 Å². The number of aromatic nitrogens is 2. The topological polar surface area (TPSA) is 32.3 Å². The van der Waals surface area contributed by atoms with Gasteiger partial charge in [0.2, 0.25) is 0 Å². The van der Waals surface area contributed by atoms with Gasteiger partial charge in [-0.1, -0.05) is 41.9 Å². The zero-order chi connectivity index (χ0) is 14.5. The summed E-state index contributed by atoms with van der Waals surface area (Å²) in [4.78, 5) is 4.92. The average molecular weight is 303 g/mol. The van der Waals surface area contributed by atoms with Gasteiger partial charge in [-0.2, -0.15) is 5.10 Å². The fourth-order valence-corrected chi connectivity index (χ4v) is 2.70. The van der Waals surface area contributed by atoms with E-state index in [4.69, 9.17) is 11.6 Å². The Morgan fingerprint density at radius 3 is 2.10 bits per heavy atom. The molecule has 1 aromatic carbocycles. The lowest BCUT2D eigenvalue weighted by atomic mass is 10.2. The van der Waals surface area contributed by atoms with Crippen LogP contribution in [0.4, 0.5) is 0 Å². The number of rotatable bonds is 4. The van der Waals surface area contributed by atoms with Crippen LogP contribution in [0.3, 0.4) is 0 Å². The predicted molar refractivity (Wildman–Crippen MR) is 84.0 cm³/mol. The van der Waals surface area contributed by atoms with Crippen molar-refractivity contribution in [3.63, 3.8) is 0 Å². The highest BCUT2D eigenvalue weighted by molar-refractivity contribution is 6.29. The monoisotopic (exact) mass is 302 g/mol. The molecule has 0 radical (unpaired) electrons. The highest BCUT2D eigenvalue weighted by atomic mass is 35.5. The van der Waals surface area contributed by atoms with E-state index in [-0.39, 0.29) is 0 Å². The Labute approximate surface area is 130 Å². The normalized spacial score (nSPS) is 17.0. The maximum atomic E-state index is 5.76. The first-order valence-electron chi connectivity index (χ1n) is 7.26. The molecule has 110 valence electrons. The van der Waals surface area contributed by atoms with Gasteiger partial charge >= 0.3 is 0 Å². The van der Waals surface area contributed by atoms with E-state index in [0.717, 1.165) is 45.0 Å². The third-order valence-corrected chi connectivity index (χ3v) is 3.99. The summed E-state index contributed by atoms with van der Waals surface area (Å²) in [7, 11) is 0. The maximum Gasteiger partial charge on any atom is 0.151 e. The van der Waals surface area contributed by atoms with Gasteiger partial charge in [0.1, 0.15) is 0 Å². The molecule has 1 aliphatic rings. The Kier molecular flexibility index (Phi) is 4.80. The second-order valence-corrected chi connectivity index (χ2v) is 5.77. The molecule has 0 spiro atoms. The molecule has 1 saturated heterocycles. The molecule has 0 atom stereocenters. The third-order valence-electron chi connectivity index (χ3n) is 3.79. The highest BCUT2D eigenvalue weighted by Gasteiger charge is 2.17. The van der Waals surface area contributed by atoms with Crippen LogP contribution in [-0.4, -0.2) is 46.2 Å². The Balaban J connectivity index is 1.47. The van der Waals surface area contributed by atoms with Crippen molar-refractivity contribution in [1.82, 2.24) is 20.0 Å². The van der Waals surface area contributed by atoms with Crippen molar-refractivity contribution in [3.8, 4) is 0 Å². The van der Waals surface area contributed by atoms with E-state index in [1.165, 1.54) is 5.56 Å². The number of halogens is 1. The molecular weight excluding hydrogens is 284 g/mol. The van der Waals surface area contributed by atoms with E-state index < -0.39 is 0 Å². The van der Waals surface area contributed by atoms with E-state index >= 15 is 0 Å². The first-order valence-corrected chi connectivity index (χ1v) is 7.64. The molecule has 0 N–H and O–H groups in total. The Hall–Kier alpha value is -1.49. The van der Waals surface area contributed by atoms with Crippen LogP contribution < -0.4 is 0 Å². The van der Waals surface area contributed by atoms with Gasteiger partial charge in [-0.3, -0.25) is 9.80 Å². The molecule has 4 nitrogen and oxygen atoms in total. The predicted octanol–water partition coefficient (Wildman–Crippen LogP) is 2.45. The Morgan fingerprint density at radius 1 is 0.810 bits per heavy atom. The van der Waals surface area contributed by atoms with Crippen molar-refractivity contribution in [1.29, 1.82) is 0 Å². The summed E-state index contributed by atoms with van der Waals surface area (Å²) in [6.07, 6.45) is 0. The summed E-state index contributed by atoms with van der Waals surface area (Å²) in [6.45, 7) is 6.21. The van der Waals surface area contributed by atoms with Crippen LogP contribution in [0.2, 0.25) is 5.15 Å². The minimum absolute atomic E-state index is 0.450. The van der Waals surface area contributed by atoms with Gasteiger partial charge < -0.3 is 0 Å². The van der Waals surface area contributed by atoms with E-state index in [9.17, 15) is 0 Å². The second kappa shape index (κ2) is 6.98. The van der Waals surface area contributed by atoms with Gasteiger partial charge in [0.15, 0.2) is 5.15 Å². The maximum absolute atomic E-state index is 5.76. The molecule has 0 aliphatic carbocycles. The summed E-state index contributed by atoms with van der Waals surface area (Å²) in [5, 5.41) is 8.47.